The van der Waals surface area contributed by atoms with Gasteiger partial charge in [0.05, 0.1) is 12.6 Å². The number of aromatic nitrogens is 2. The van der Waals surface area contributed by atoms with Crippen molar-refractivity contribution in [2.45, 2.75) is 52.0 Å². The van der Waals surface area contributed by atoms with Crippen LogP contribution in [0, 0.1) is 6.92 Å². The van der Waals surface area contributed by atoms with E-state index in [4.69, 9.17) is 0 Å². The maximum Gasteiger partial charge on any atom is 0.133 e. The van der Waals surface area contributed by atoms with E-state index in [-0.39, 0.29) is 12.6 Å². The van der Waals surface area contributed by atoms with Crippen LogP contribution >= 0.6 is 0 Å². The van der Waals surface area contributed by atoms with Crippen LogP contribution in [0.2, 0.25) is 0 Å². The van der Waals surface area contributed by atoms with Crippen molar-refractivity contribution in [2.24, 2.45) is 0 Å². The topological polar surface area (TPSA) is 58.0 Å². The zero-order chi connectivity index (χ0) is 12.3. The van der Waals surface area contributed by atoms with Crippen LogP contribution in [0.25, 0.3) is 0 Å². The van der Waals surface area contributed by atoms with Gasteiger partial charge in [0.2, 0.25) is 0 Å². The van der Waals surface area contributed by atoms with Crippen molar-refractivity contribution in [3.8, 4) is 0 Å². The predicted molar refractivity (Wildman–Crippen MR) is 68.2 cm³/mol. The number of hydrogen-bond donors (Lipinski definition) is 2. The molecule has 1 aliphatic rings. The quantitative estimate of drug-likeness (QED) is 0.836. The summed E-state index contributed by atoms with van der Waals surface area (Å²) >= 11 is 0. The fourth-order valence-electron chi connectivity index (χ4n) is 2.31. The second-order valence-corrected chi connectivity index (χ2v) is 4.68. The Morgan fingerprint density at radius 2 is 2.06 bits per heavy atom. The monoisotopic (exact) mass is 235 g/mol. The van der Waals surface area contributed by atoms with E-state index in [0.717, 1.165) is 30.9 Å². The van der Waals surface area contributed by atoms with Gasteiger partial charge in [0.25, 0.3) is 0 Å². The lowest BCUT2D eigenvalue weighted by Crippen LogP contribution is -2.25. The number of aryl methyl sites for hydroxylation is 2. The first kappa shape index (κ1) is 12.3. The van der Waals surface area contributed by atoms with E-state index in [1.54, 1.807) is 0 Å². The highest BCUT2D eigenvalue weighted by Gasteiger charge is 2.18. The molecule has 0 aromatic carbocycles. The highest BCUT2D eigenvalue weighted by Crippen LogP contribution is 2.25. The first-order valence-corrected chi connectivity index (χ1v) is 6.48. The van der Waals surface area contributed by atoms with Gasteiger partial charge in [-0.1, -0.05) is 6.92 Å². The average Bonchev–Trinajstić information content (AvgIpc) is 2.35. The third-order valence-electron chi connectivity index (χ3n) is 3.35. The Bertz CT molecular complexity index is 388. The molecule has 1 heterocycles. The van der Waals surface area contributed by atoms with Gasteiger partial charge in [-0.05, 0) is 39.0 Å². The lowest BCUT2D eigenvalue weighted by molar-refractivity contribution is 0.271. The van der Waals surface area contributed by atoms with E-state index in [2.05, 4.69) is 22.2 Å². The van der Waals surface area contributed by atoms with E-state index < -0.39 is 0 Å². The Kier molecular flexibility index (Phi) is 3.94. The Morgan fingerprint density at radius 1 is 1.29 bits per heavy atom. The smallest absolute Gasteiger partial charge is 0.133 e. The highest BCUT2D eigenvalue weighted by molar-refractivity contribution is 5.48. The number of nitrogens with one attached hydrogen (secondary N) is 1. The molecular weight excluding hydrogens is 214 g/mol. The average molecular weight is 235 g/mol. The molecule has 17 heavy (non-hydrogen) atoms. The highest BCUT2D eigenvalue weighted by atomic mass is 16.3. The molecule has 0 radical (unpaired) electrons. The van der Waals surface area contributed by atoms with Crippen LogP contribution in [-0.4, -0.2) is 27.7 Å². The van der Waals surface area contributed by atoms with Crippen molar-refractivity contribution < 1.29 is 5.11 Å². The Hall–Kier alpha value is -1.16. The Morgan fingerprint density at radius 3 is 2.76 bits per heavy atom. The zero-order valence-electron chi connectivity index (χ0n) is 10.7. The van der Waals surface area contributed by atoms with E-state index in [0.29, 0.717) is 0 Å². The summed E-state index contributed by atoms with van der Waals surface area (Å²) in [7, 11) is 0. The van der Waals surface area contributed by atoms with Crippen LogP contribution in [0.15, 0.2) is 0 Å². The van der Waals surface area contributed by atoms with Crippen LogP contribution in [0.3, 0.4) is 0 Å². The molecule has 2 N–H and O–H groups in total. The van der Waals surface area contributed by atoms with Crippen LogP contribution in [0.5, 0.6) is 0 Å². The molecule has 0 aliphatic heterocycles. The molecule has 0 amide bonds. The van der Waals surface area contributed by atoms with Crippen LogP contribution in [-0.2, 0) is 12.8 Å². The minimum Gasteiger partial charge on any atom is -0.394 e. The van der Waals surface area contributed by atoms with Gasteiger partial charge in [-0.2, -0.15) is 0 Å². The summed E-state index contributed by atoms with van der Waals surface area (Å²) < 4.78 is 0. The first-order chi connectivity index (χ1) is 8.24. The molecule has 0 bridgehead atoms. The molecule has 0 fully saturated rings. The van der Waals surface area contributed by atoms with Crippen molar-refractivity contribution in [2.75, 3.05) is 11.9 Å². The Balaban J connectivity index is 2.28. The summed E-state index contributed by atoms with van der Waals surface area (Å²) in [6.07, 6.45) is 5.45. The molecule has 94 valence electrons. The third kappa shape index (κ3) is 2.75. The molecule has 0 spiro atoms. The van der Waals surface area contributed by atoms with Gasteiger partial charge in [-0.25, -0.2) is 9.97 Å². The van der Waals surface area contributed by atoms with Crippen LogP contribution in [0.1, 0.15) is 43.3 Å². The maximum absolute atomic E-state index is 9.25. The van der Waals surface area contributed by atoms with Crippen molar-refractivity contribution in [3.63, 3.8) is 0 Å². The van der Waals surface area contributed by atoms with Gasteiger partial charge in [0.15, 0.2) is 0 Å². The number of anilines is 1. The van der Waals surface area contributed by atoms with Gasteiger partial charge >= 0.3 is 0 Å². The molecule has 0 unspecified atom stereocenters. The van der Waals surface area contributed by atoms with Gasteiger partial charge < -0.3 is 10.4 Å². The standard InChI is InChI=1S/C13H21N3O/c1-3-10(8-17)16-13-11-6-4-5-7-12(11)14-9(2)15-13/h10,17H,3-8H2,1-2H3,(H,14,15,16)/t10-/m1/s1. The number of aliphatic hydroxyl groups is 1. The van der Waals surface area contributed by atoms with Gasteiger partial charge in [0, 0.05) is 11.3 Å². The van der Waals surface area contributed by atoms with Gasteiger partial charge in [-0.15, -0.1) is 0 Å². The van der Waals surface area contributed by atoms with Crippen molar-refractivity contribution in [1.29, 1.82) is 0 Å². The summed E-state index contributed by atoms with van der Waals surface area (Å²) in [5.41, 5.74) is 2.45. The molecule has 4 heteroatoms. The fraction of sp³-hybridized carbons (Fsp3) is 0.692. The SMILES string of the molecule is CC[C@H](CO)Nc1nc(C)nc2c1CCCC2. The second kappa shape index (κ2) is 5.45. The molecular formula is C13H21N3O. The largest absolute Gasteiger partial charge is 0.394 e. The van der Waals surface area contributed by atoms with Gasteiger partial charge in [0.1, 0.15) is 11.6 Å². The normalized spacial score (nSPS) is 16.4. The number of rotatable bonds is 4. The summed E-state index contributed by atoms with van der Waals surface area (Å²) in [6, 6.07) is 0.0929. The number of aliphatic hydroxyl groups excluding tert-OH is 1. The minimum absolute atomic E-state index is 0.0929. The second-order valence-electron chi connectivity index (χ2n) is 4.68. The van der Waals surface area contributed by atoms with E-state index in [9.17, 15) is 5.11 Å². The molecule has 0 saturated heterocycles. The first-order valence-electron chi connectivity index (χ1n) is 6.48. The molecule has 4 nitrogen and oxygen atoms in total. The fourth-order valence-corrected chi connectivity index (χ4v) is 2.31. The van der Waals surface area contributed by atoms with Crippen LogP contribution < -0.4 is 5.32 Å². The molecule has 1 aliphatic carbocycles. The molecule has 1 aromatic rings. The summed E-state index contributed by atoms with van der Waals surface area (Å²) in [5, 5.41) is 12.6. The summed E-state index contributed by atoms with van der Waals surface area (Å²) in [6.45, 7) is 4.14. The van der Waals surface area contributed by atoms with Crippen molar-refractivity contribution in [3.05, 3.63) is 17.1 Å². The van der Waals surface area contributed by atoms with E-state index in [1.807, 2.05) is 6.92 Å². The third-order valence-corrected chi connectivity index (χ3v) is 3.35. The molecule has 2 rings (SSSR count). The summed E-state index contributed by atoms with van der Waals surface area (Å²) in [5.74, 6) is 1.76. The number of fused-ring (bicyclic) bond motifs is 1. The maximum atomic E-state index is 9.25. The Labute approximate surface area is 102 Å². The minimum atomic E-state index is 0.0929. The number of hydrogen-bond acceptors (Lipinski definition) is 4. The van der Waals surface area contributed by atoms with Crippen molar-refractivity contribution >= 4 is 5.82 Å². The zero-order valence-corrected chi connectivity index (χ0v) is 10.7. The van der Waals surface area contributed by atoms with Crippen LogP contribution in [0.4, 0.5) is 5.82 Å². The molecule has 1 aromatic heterocycles. The number of nitrogens with zero attached hydrogens (tertiary/aromatic N) is 2. The molecule has 0 saturated carbocycles. The lowest BCUT2D eigenvalue weighted by atomic mass is 9.96. The van der Waals surface area contributed by atoms with E-state index in [1.165, 1.54) is 24.1 Å². The van der Waals surface area contributed by atoms with Crippen molar-refractivity contribution in [1.82, 2.24) is 9.97 Å². The van der Waals surface area contributed by atoms with Gasteiger partial charge in [-0.3, -0.25) is 0 Å². The molecule has 1 atom stereocenters. The van der Waals surface area contributed by atoms with E-state index >= 15 is 0 Å². The lowest BCUT2D eigenvalue weighted by Gasteiger charge is -2.22. The summed E-state index contributed by atoms with van der Waals surface area (Å²) in [4.78, 5) is 9.01. The predicted octanol–water partition coefficient (Wildman–Crippen LogP) is 1.85.